The molecule has 7 aromatic rings. The number of fused-ring (bicyclic) bond motifs is 3. The third-order valence-electron chi connectivity index (χ3n) is 7.88. The molecule has 0 amide bonds. The first-order valence-corrected chi connectivity index (χ1v) is 14.3. The highest BCUT2D eigenvalue weighted by molar-refractivity contribution is 7.21. The molecule has 0 spiro atoms. The van der Waals surface area contributed by atoms with Gasteiger partial charge >= 0.3 is 0 Å². The van der Waals surface area contributed by atoms with Gasteiger partial charge in [-0.05, 0) is 52.1 Å². The molecule has 3 nitrogen and oxygen atoms in total. The van der Waals surface area contributed by atoms with Crippen LogP contribution in [0.4, 0.5) is 0 Å². The highest BCUT2D eigenvalue weighted by atomic mass is 32.1. The highest BCUT2D eigenvalue weighted by Gasteiger charge is 2.30. The van der Waals surface area contributed by atoms with E-state index in [0.29, 0.717) is 0 Å². The molecule has 1 aliphatic heterocycles. The number of aromatic nitrogens is 3. The summed E-state index contributed by atoms with van der Waals surface area (Å²) >= 11 is 1.74. The lowest BCUT2D eigenvalue weighted by Gasteiger charge is -2.29. The Morgan fingerprint density at radius 2 is 1.41 bits per heavy atom. The lowest BCUT2D eigenvalue weighted by molar-refractivity contribution is 0.853. The Hall–Kier alpha value is -4.54. The van der Waals surface area contributed by atoms with Gasteiger partial charge in [0.05, 0.1) is 26.9 Å². The van der Waals surface area contributed by atoms with Gasteiger partial charge in [0.1, 0.15) is 10.8 Å². The van der Waals surface area contributed by atoms with E-state index < -0.39 is 0 Å². The zero-order chi connectivity index (χ0) is 25.9. The Labute approximate surface area is 231 Å². The molecule has 1 atom stereocenters. The second kappa shape index (κ2) is 8.75. The first-order valence-electron chi connectivity index (χ1n) is 13.4. The molecule has 8 rings (SSSR count). The fourth-order valence-corrected chi connectivity index (χ4v) is 7.04. The van der Waals surface area contributed by atoms with Gasteiger partial charge in [0.15, 0.2) is 0 Å². The molecule has 2 aromatic heterocycles. The van der Waals surface area contributed by atoms with Gasteiger partial charge in [-0.25, -0.2) is 9.97 Å². The first kappa shape index (κ1) is 22.4. The monoisotopic (exact) mass is 519 g/mol. The van der Waals surface area contributed by atoms with Crippen LogP contribution in [0, 0.1) is 0 Å². The molecule has 0 N–H and O–H groups in total. The number of aryl methyl sites for hydroxylation is 1. The number of rotatable bonds is 4. The maximum absolute atomic E-state index is 5.05. The van der Waals surface area contributed by atoms with E-state index in [1.807, 2.05) is 6.07 Å². The van der Waals surface area contributed by atoms with Crippen LogP contribution in [-0.4, -0.2) is 14.5 Å². The van der Waals surface area contributed by atoms with Crippen LogP contribution in [0.3, 0.4) is 0 Å². The lowest BCUT2D eigenvalue weighted by atomic mass is 9.81. The number of imidazole rings is 1. The summed E-state index contributed by atoms with van der Waals surface area (Å²) < 4.78 is 3.62. The van der Waals surface area contributed by atoms with Crippen molar-refractivity contribution in [2.75, 3.05) is 0 Å². The van der Waals surface area contributed by atoms with Gasteiger partial charge in [0.2, 0.25) is 0 Å². The van der Waals surface area contributed by atoms with Crippen LogP contribution in [0.25, 0.3) is 48.6 Å². The summed E-state index contributed by atoms with van der Waals surface area (Å²) in [7, 11) is 0. The third kappa shape index (κ3) is 3.49. The number of para-hydroxylation sites is 2. The van der Waals surface area contributed by atoms with Gasteiger partial charge in [-0.3, -0.25) is 4.57 Å². The van der Waals surface area contributed by atoms with E-state index in [0.717, 1.165) is 33.8 Å². The molecule has 0 saturated carbocycles. The summed E-state index contributed by atoms with van der Waals surface area (Å²) in [5.41, 5.74) is 12.1. The molecular weight excluding hydrogens is 494 g/mol. The maximum atomic E-state index is 5.05. The van der Waals surface area contributed by atoms with Crippen molar-refractivity contribution in [2.45, 2.75) is 19.3 Å². The minimum Gasteiger partial charge on any atom is -0.296 e. The molecule has 0 aliphatic carbocycles. The molecule has 0 saturated heterocycles. The molecule has 39 heavy (non-hydrogen) atoms. The highest BCUT2D eigenvalue weighted by Crippen LogP contribution is 2.45. The van der Waals surface area contributed by atoms with Crippen molar-refractivity contribution in [3.05, 3.63) is 138 Å². The molecule has 1 unspecified atom stereocenters. The van der Waals surface area contributed by atoms with Gasteiger partial charge in [-0.1, -0.05) is 97.9 Å². The summed E-state index contributed by atoms with van der Waals surface area (Å²) in [4.78, 5) is 9.90. The molecule has 3 heterocycles. The molecule has 0 fully saturated rings. The van der Waals surface area contributed by atoms with Crippen LogP contribution >= 0.6 is 11.3 Å². The van der Waals surface area contributed by atoms with Crippen LogP contribution in [-0.2, 0) is 6.42 Å². The molecule has 0 bridgehead atoms. The summed E-state index contributed by atoms with van der Waals surface area (Å²) in [6.45, 7) is 2.19. The van der Waals surface area contributed by atoms with Crippen molar-refractivity contribution in [1.82, 2.24) is 14.5 Å². The molecule has 5 aromatic carbocycles. The Morgan fingerprint density at radius 3 is 2.23 bits per heavy atom. The average molecular weight is 520 g/mol. The smallest absolute Gasteiger partial charge is 0.124 e. The maximum Gasteiger partial charge on any atom is 0.124 e. The van der Waals surface area contributed by atoms with Crippen molar-refractivity contribution in [2.24, 2.45) is 0 Å². The van der Waals surface area contributed by atoms with E-state index >= 15 is 0 Å². The number of nitrogens with zero attached hydrogens (tertiary/aromatic N) is 3. The van der Waals surface area contributed by atoms with Gasteiger partial charge in [-0.2, -0.15) is 0 Å². The molecule has 4 heteroatoms. The van der Waals surface area contributed by atoms with Crippen molar-refractivity contribution in [1.29, 1.82) is 0 Å². The standard InChI is InChI=1S/C35H25N3S/c1-2-32-36-29-13-8-11-27-33(23-9-4-3-5-10-23)26-20-19-25(21-30(26)38(32)34(27)29)22-15-17-24(18-16-22)35-37-28-12-6-7-14-31(28)39-35/h3-21,33H,2H2,1H3. The zero-order valence-electron chi connectivity index (χ0n) is 21.5. The Balaban J connectivity index is 1.28. The number of benzene rings is 5. The Morgan fingerprint density at radius 1 is 0.667 bits per heavy atom. The molecule has 1 aliphatic rings. The number of hydrogen-bond donors (Lipinski definition) is 0. The van der Waals surface area contributed by atoms with E-state index in [9.17, 15) is 0 Å². The minimum atomic E-state index is 0.175. The summed E-state index contributed by atoms with van der Waals surface area (Å²) in [5, 5.41) is 1.06. The van der Waals surface area contributed by atoms with E-state index in [-0.39, 0.29) is 5.92 Å². The summed E-state index contributed by atoms with van der Waals surface area (Å²) in [6, 6.07) is 41.5. The fraction of sp³-hybridized carbons (Fsp3) is 0.0857. The van der Waals surface area contributed by atoms with E-state index in [1.165, 1.54) is 43.7 Å². The molecule has 186 valence electrons. The number of hydrogen-bond acceptors (Lipinski definition) is 3. The Kier molecular flexibility index (Phi) is 5.04. The van der Waals surface area contributed by atoms with E-state index in [4.69, 9.17) is 9.97 Å². The Bertz CT molecular complexity index is 1970. The predicted molar refractivity (Wildman–Crippen MR) is 162 cm³/mol. The van der Waals surface area contributed by atoms with Gasteiger partial charge < -0.3 is 0 Å². The predicted octanol–water partition coefficient (Wildman–Crippen LogP) is 9.03. The van der Waals surface area contributed by atoms with Crippen molar-refractivity contribution in [3.63, 3.8) is 0 Å². The topological polar surface area (TPSA) is 30.7 Å². The van der Waals surface area contributed by atoms with Crippen LogP contribution < -0.4 is 0 Å². The van der Waals surface area contributed by atoms with Crippen LogP contribution in [0.2, 0.25) is 0 Å². The van der Waals surface area contributed by atoms with Gasteiger partial charge in [-0.15, -0.1) is 11.3 Å². The third-order valence-corrected chi connectivity index (χ3v) is 8.96. The second-order valence-corrected chi connectivity index (χ2v) is 11.1. The fourth-order valence-electron chi connectivity index (χ4n) is 6.06. The molecular formula is C35H25N3S. The van der Waals surface area contributed by atoms with Crippen molar-refractivity contribution >= 4 is 32.6 Å². The van der Waals surface area contributed by atoms with Crippen molar-refractivity contribution < 1.29 is 0 Å². The normalized spacial score (nSPS) is 14.1. The first-order chi connectivity index (χ1) is 19.3. The van der Waals surface area contributed by atoms with Gasteiger partial charge in [0.25, 0.3) is 0 Å². The SMILES string of the molecule is CCc1nc2cccc3c2n1-c1cc(-c2ccc(-c4nc5ccccc5s4)cc2)ccc1C3c1ccccc1. The average Bonchev–Trinajstić information content (AvgIpc) is 3.61. The molecule has 0 radical (unpaired) electrons. The van der Waals surface area contributed by atoms with Crippen LogP contribution in [0.15, 0.2) is 115 Å². The van der Waals surface area contributed by atoms with Crippen LogP contribution in [0.5, 0.6) is 0 Å². The number of thiazole rings is 1. The zero-order valence-corrected chi connectivity index (χ0v) is 22.3. The van der Waals surface area contributed by atoms with E-state index in [1.54, 1.807) is 11.3 Å². The minimum absolute atomic E-state index is 0.175. The second-order valence-electron chi connectivity index (χ2n) is 10.1. The van der Waals surface area contributed by atoms with E-state index in [2.05, 4.69) is 121 Å². The van der Waals surface area contributed by atoms with Crippen molar-refractivity contribution in [3.8, 4) is 27.4 Å². The quantitative estimate of drug-likeness (QED) is 0.232. The summed E-state index contributed by atoms with van der Waals surface area (Å²) in [5.74, 6) is 1.28. The largest absolute Gasteiger partial charge is 0.296 e. The lowest BCUT2D eigenvalue weighted by Crippen LogP contribution is -2.16. The van der Waals surface area contributed by atoms with Crippen LogP contribution in [0.1, 0.15) is 35.4 Å². The summed E-state index contributed by atoms with van der Waals surface area (Å²) in [6.07, 6.45) is 0.880. The van der Waals surface area contributed by atoms with Gasteiger partial charge in [0, 0.05) is 17.9 Å².